The van der Waals surface area contributed by atoms with Crippen molar-refractivity contribution in [3.05, 3.63) is 38.0 Å². The molecular weight excluding hydrogens is 288 g/mol. The van der Waals surface area contributed by atoms with Crippen molar-refractivity contribution < 1.29 is 0 Å². The van der Waals surface area contributed by atoms with E-state index in [1.165, 1.54) is 109 Å². The predicted molar refractivity (Wildman–Crippen MR) is 113 cm³/mol. The van der Waals surface area contributed by atoms with E-state index in [9.17, 15) is 0 Å². The fraction of sp³-hybridized carbons (Fsp3) is 0.750. The van der Waals surface area contributed by atoms with Crippen LogP contribution in [-0.2, 0) is 0 Å². The van der Waals surface area contributed by atoms with E-state index in [4.69, 9.17) is 0 Å². The third kappa shape index (κ3) is 17.6. The van der Waals surface area contributed by atoms with Gasteiger partial charge in [-0.1, -0.05) is 88.9 Å². The Morgan fingerprint density at radius 3 is 1.21 bits per heavy atom. The van der Waals surface area contributed by atoms with Gasteiger partial charge in [-0.2, -0.15) is 0 Å². The van der Waals surface area contributed by atoms with Crippen LogP contribution >= 0.6 is 0 Å². The van der Waals surface area contributed by atoms with Gasteiger partial charge in [0.15, 0.2) is 0 Å². The third-order valence-electron chi connectivity index (χ3n) is 5.06. The van der Waals surface area contributed by atoms with Gasteiger partial charge in [-0.3, -0.25) is 0 Å². The van der Waals surface area contributed by atoms with E-state index in [2.05, 4.69) is 31.9 Å². The van der Waals surface area contributed by atoms with Crippen LogP contribution in [0.25, 0.3) is 0 Å². The molecule has 0 aliphatic heterocycles. The largest absolute Gasteiger partial charge is 0.103 e. The zero-order valence-corrected chi connectivity index (χ0v) is 16.5. The SMILES string of the molecule is C=CCCCCCCCCC(CCCC=C)CCCCCCC=C. The quantitative estimate of drug-likeness (QED) is 0.154. The summed E-state index contributed by atoms with van der Waals surface area (Å²) in [6, 6.07) is 0. The average molecular weight is 333 g/mol. The third-order valence-corrected chi connectivity index (χ3v) is 5.06. The van der Waals surface area contributed by atoms with E-state index in [1.807, 2.05) is 6.08 Å². The number of hydrogen-bond acceptors (Lipinski definition) is 0. The summed E-state index contributed by atoms with van der Waals surface area (Å²) in [7, 11) is 0. The van der Waals surface area contributed by atoms with Gasteiger partial charge in [0.25, 0.3) is 0 Å². The molecule has 0 saturated carbocycles. The Balaban J connectivity index is 3.68. The van der Waals surface area contributed by atoms with Crippen LogP contribution < -0.4 is 0 Å². The van der Waals surface area contributed by atoms with Gasteiger partial charge in [-0.15, -0.1) is 19.7 Å². The lowest BCUT2D eigenvalue weighted by Gasteiger charge is -2.16. The minimum Gasteiger partial charge on any atom is -0.103 e. The Morgan fingerprint density at radius 2 is 0.750 bits per heavy atom. The summed E-state index contributed by atoms with van der Waals surface area (Å²) < 4.78 is 0. The van der Waals surface area contributed by atoms with E-state index >= 15 is 0 Å². The van der Waals surface area contributed by atoms with Crippen LogP contribution in [0.5, 0.6) is 0 Å². The number of rotatable bonds is 20. The smallest absolute Gasteiger partial charge is 0.0353 e. The highest BCUT2D eigenvalue weighted by atomic mass is 14.1. The summed E-state index contributed by atoms with van der Waals surface area (Å²) in [6.07, 6.45) is 29.4. The molecule has 0 heteroatoms. The van der Waals surface area contributed by atoms with Gasteiger partial charge in [0, 0.05) is 0 Å². The molecular formula is C24H44. The van der Waals surface area contributed by atoms with E-state index in [0.717, 1.165) is 5.92 Å². The zero-order valence-electron chi connectivity index (χ0n) is 16.5. The molecule has 0 N–H and O–H groups in total. The van der Waals surface area contributed by atoms with Crippen molar-refractivity contribution in [2.24, 2.45) is 5.92 Å². The summed E-state index contributed by atoms with van der Waals surface area (Å²) >= 11 is 0. The summed E-state index contributed by atoms with van der Waals surface area (Å²) in [5.74, 6) is 0.963. The minimum absolute atomic E-state index is 0.963. The van der Waals surface area contributed by atoms with Crippen LogP contribution in [0.3, 0.4) is 0 Å². The van der Waals surface area contributed by atoms with Crippen LogP contribution in [0.4, 0.5) is 0 Å². The van der Waals surface area contributed by atoms with Crippen molar-refractivity contribution in [2.45, 2.75) is 109 Å². The molecule has 140 valence electrons. The Morgan fingerprint density at radius 1 is 0.417 bits per heavy atom. The topological polar surface area (TPSA) is 0 Å². The summed E-state index contributed by atoms with van der Waals surface area (Å²) in [5, 5.41) is 0. The van der Waals surface area contributed by atoms with Gasteiger partial charge in [-0.25, -0.2) is 0 Å². The predicted octanol–water partition coefficient (Wildman–Crippen LogP) is 8.79. The monoisotopic (exact) mass is 332 g/mol. The fourth-order valence-electron chi connectivity index (χ4n) is 3.49. The Kier molecular flexibility index (Phi) is 19.6. The van der Waals surface area contributed by atoms with Gasteiger partial charge in [-0.05, 0) is 44.4 Å². The highest BCUT2D eigenvalue weighted by Gasteiger charge is 2.08. The van der Waals surface area contributed by atoms with Crippen LogP contribution in [0.15, 0.2) is 38.0 Å². The lowest BCUT2D eigenvalue weighted by atomic mass is 9.90. The first-order valence-corrected chi connectivity index (χ1v) is 10.7. The maximum absolute atomic E-state index is 3.86. The van der Waals surface area contributed by atoms with E-state index in [0.29, 0.717) is 0 Å². The van der Waals surface area contributed by atoms with Gasteiger partial charge in [0.1, 0.15) is 0 Å². The Hall–Kier alpha value is -0.780. The molecule has 0 aromatic heterocycles. The normalized spacial score (nSPS) is 12.0. The highest BCUT2D eigenvalue weighted by molar-refractivity contribution is 4.69. The van der Waals surface area contributed by atoms with E-state index in [-0.39, 0.29) is 0 Å². The van der Waals surface area contributed by atoms with Crippen LogP contribution in [-0.4, -0.2) is 0 Å². The molecule has 1 unspecified atom stereocenters. The molecule has 0 heterocycles. The molecule has 1 atom stereocenters. The molecule has 0 aromatic rings. The van der Waals surface area contributed by atoms with Crippen LogP contribution in [0.1, 0.15) is 109 Å². The molecule has 0 aliphatic rings. The van der Waals surface area contributed by atoms with E-state index < -0.39 is 0 Å². The second-order valence-corrected chi connectivity index (χ2v) is 7.35. The standard InChI is InChI=1S/C24H44/c1-4-7-10-12-14-15-17-20-23-24(21-18-9-6-3)22-19-16-13-11-8-5-2/h4-6,24H,1-3,7-23H2. The molecule has 0 radical (unpaired) electrons. The van der Waals surface area contributed by atoms with Crippen molar-refractivity contribution in [3.63, 3.8) is 0 Å². The van der Waals surface area contributed by atoms with Crippen molar-refractivity contribution >= 4 is 0 Å². The van der Waals surface area contributed by atoms with Crippen molar-refractivity contribution in [1.29, 1.82) is 0 Å². The summed E-state index contributed by atoms with van der Waals surface area (Å²) in [6.45, 7) is 11.5. The first-order chi connectivity index (χ1) is 11.8. The lowest BCUT2D eigenvalue weighted by Crippen LogP contribution is -2.01. The van der Waals surface area contributed by atoms with Gasteiger partial charge in [0.05, 0.1) is 0 Å². The number of hydrogen-bond donors (Lipinski definition) is 0. The molecule has 0 bridgehead atoms. The number of allylic oxidation sites excluding steroid dienone is 3. The highest BCUT2D eigenvalue weighted by Crippen LogP contribution is 2.24. The first-order valence-electron chi connectivity index (χ1n) is 10.7. The molecule has 24 heavy (non-hydrogen) atoms. The van der Waals surface area contributed by atoms with Gasteiger partial charge in [0.2, 0.25) is 0 Å². The van der Waals surface area contributed by atoms with Crippen molar-refractivity contribution in [1.82, 2.24) is 0 Å². The van der Waals surface area contributed by atoms with Gasteiger partial charge >= 0.3 is 0 Å². The number of unbranched alkanes of at least 4 members (excludes halogenated alkanes) is 11. The summed E-state index contributed by atoms with van der Waals surface area (Å²) in [5.41, 5.74) is 0. The second-order valence-electron chi connectivity index (χ2n) is 7.35. The average Bonchev–Trinajstić information content (AvgIpc) is 2.59. The minimum atomic E-state index is 0.963. The van der Waals surface area contributed by atoms with Crippen LogP contribution in [0.2, 0.25) is 0 Å². The zero-order chi connectivity index (χ0) is 17.7. The second kappa shape index (κ2) is 20.3. The lowest BCUT2D eigenvalue weighted by molar-refractivity contribution is 0.373. The molecule has 0 aliphatic carbocycles. The summed E-state index contributed by atoms with van der Waals surface area (Å²) in [4.78, 5) is 0. The molecule has 0 aromatic carbocycles. The van der Waals surface area contributed by atoms with Crippen LogP contribution in [0, 0.1) is 5.92 Å². The molecule has 0 rings (SSSR count). The van der Waals surface area contributed by atoms with Gasteiger partial charge < -0.3 is 0 Å². The van der Waals surface area contributed by atoms with Crippen molar-refractivity contribution in [3.8, 4) is 0 Å². The molecule has 0 spiro atoms. The Bertz CT molecular complexity index is 276. The fourth-order valence-corrected chi connectivity index (χ4v) is 3.49. The maximum Gasteiger partial charge on any atom is -0.0353 e. The first kappa shape index (κ1) is 23.2. The molecule has 0 nitrogen and oxygen atoms in total. The maximum atomic E-state index is 3.86. The molecule has 0 amide bonds. The van der Waals surface area contributed by atoms with E-state index in [1.54, 1.807) is 0 Å². The van der Waals surface area contributed by atoms with Crippen molar-refractivity contribution in [2.75, 3.05) is 0 Å². The molecule has 0 saturated heterocycles. The molecule has 0 fully saturated rings. The Labute approximate surface area is 153 Å².